The molecule has 5 nitrogen and oxygen atoms in total. The number of rotatable bonds is 5. The van der Waals surface area contributed by atoms with Gasteiger partial charge in [0.15, 0.2) is 6.61 Å². The van der Waals surface area contributed by atoms with Crippen molar-refractivity contribution in [2.75, 3.05) is 19.7 Å². The van der Waals surface area contributed by atoms with Crippen LogP contribution >= 0.6 is 15.9 Å². The largest absolute Gasteiger partial charge is 0.483 e. The van der Waals surface area contributed by atoms with E-state index in [-0.39, 0.29) is 30.3 Å². The second kappa shape index (κ2) is 9.47. The summed E-state index contributed by atoms with van der Waals surface area (Å²) in [7, 11) is 0. The maximum absolute atomic E-state index is 13.0. The molecule has 3 aromatic rings. The molecule has 0 atom stereocenters. The maximum atomic E-state index is 13.0. The molecule has 0 spiro atoms. The predicted octanol–water partition coefficient (Wildman–Crippen LogP) is 4.54. The summed E-state index contributed by atoms with van der Waals surface area (Å²) in [5.41, 5.74) is 0.425. The van der Waals surface area contributed by atoms with Gasteiger partial charge in [0.25, 0.3) is 11.8 Å². The molecule has 2 amide bonds. The van der Waals surface area contributed by atoms with Crippen LogP contribution in [0, 0.1) is 5.82 Å². The van der Waals surface area contributed by atoms with Crippen molar-refractivity contribution in [2.24, 2.45) is 0 Å². The lowest BCUT2D eigenvalue weighted by Gasteiger charge is -2.32. The summed E-state index contributed by atoms with van der Waals surface area (Å²) < 4.78 is 19.6. The molecule has 1 fully saturated rings. The lowest BCUT2D eigenvalue weighted by atomic mass is 10.0. The van der Waals surface area contributed by atoms with E-state index in [9.17, 15) is 14.0 Å². The van der Waals surface area contributed by atoms with Crippen molar-refractivity contribution in [1.82, 2.24) is 10.2 Å². The summed E-state index contributed by atoms with van der Waals surface area (Å²) in [4.78, 5) is 26.6. The van der Waals surface area contributed by atoms with Crippen LogP contribution in [-0.4, -0.2) is 42.5 Å². The molecule has 4 rings (SSSR count). The van der Waals surface area contributed by atoms with Gasteiger partial charge in [-0.15, -0.1) is 0 Å². The Labute approximate surface area is 188 Å². The Kier molecular flexibility index (Phi) is 6.51. The first-order chi connectivity index (χ1) is 15.0. The van der Waals surface area contributed by atoms with E-state index in [1.165, 1.54) is 24.3 Å². The average molecular weight is 485 g/mol. The van der Waals surface area contributed by atoms with Crippen molar-refractivity contribution < 1.29 is 18.7 Å². The summed E-state index contributed by atoms with van der Waals surface area (Å²) in [5, 5.41) is 5.09. The summed E-state index contributed by atoms with van der Waals surface area (Å²) in [6.45, 7) is 1.06. The van der Waals surface area contributed by atoms with Crippen LogP contribution in [0.4, 0.5) is 4.39 Å². The van der Waals surface area contributed by atoms with E-state index in [2.05, 4.69) is 21.2 Å². The zero-order valence-corrected chi connectivity index (χ0v) is 18.4. The number of likely N-dealkylation sites (tertiary alicyclic amines) is 1. The minimum atomic E-state index is -0.374. The molecular weight excluding hydrogens is 463 g/mol. The van der Waals surface area contributed by atoms with Crippen LogP contribution in [0.2, 0.25) is 0 Å². The second-order valence-electron chi connectivity index (χ2n) is 7.52. The van der Waals surface area contributed by atoms with Gasteiger partial charge in [-0.3, -0.25) is 9.59 Å². The third-order valence-electron chi connectivity index (χ3n) is 5.47. The van der Waals surface area contributed by atoms with E-state index in [4.69, 9.17) is 4.74 Å². The molecule has 7 heteroatoms. The number of halogens is 2. The fourth-order valence-electron chi connectivity index (χ4n) is 3.70. The Morgan fingerprint density at radius 3 is 2.48 bits per heavy atom. The Morgan fingerprint density at radius 1 is 1.03 bits per heavy atom. The molecule has 0 radical (unpaired) electrons. The minimum absolute atomic E-state index is 0.0165. The normalized spacial score (nSPS) is 14.5. The number of nitrogens with one attached hydrogen (secondary N) is 1. The van der Waals surface area contributed by atoms with Gasteiger partial charge in [0.1, 0.15) is 11.6 Å². The number of nitrogens with zero attached hydrogens (tertiary/aromatic N) is 1. The molecule has 1 saturated heterocycles. The molecule has 160 valence electrons. The number of carbonyl (C=O) groups excluding carboxylic acids is 2. The predicted molar refractivity (Wildman–Crippen MR) is 121 cm³/mol. The van der Waals surface area contributed by atoms with Gasteiger partial charge in [-0.1, -0.05) is 30.3 Å². The van der Waals surface area contributed by atoms with E-state index in [0.29, 0.717) is 37.2 Å². The number of piperidine rings is 1. The van der Waals surface area contributed by atoms with E-state index < -0.39 is 0 Å². The summed E-state index contributed by atoms with van der Waals surface area (Å²) in [6, 6.07) is 17.2. The smallest absolute Gasteiger partial charge is 0.260 e. The number of hydrogen-bond acceptors (Lipinski definition) is 3. The monoisotopic (exact) mass is 484 g/mol. The molecule has 0 aliphatic carbocycles. The average Bonchev–Trinajstić information content (AvgIpc) is 2.79. The van der Waals surface area contributed by atoms with Crippen LogP contribution in [-0.2, 0) is 4.79 Å². The fourth-order valence-corrected chi connectivity index (χ4v) is 4.31. The fraction of sp³-hybridized carbons (Fsp3) is 0.250. The van der Waals surface area contributed by atoms with Gasteiger partial charge >= 0.3 is 0 Å². The number of benzene rings is 3. The van der Waals surface area contributed by atoms with Crippen molar-refractivity contribution in [1.29, 1.82) is 0 Å². The number of carbonyl (C=O) groups is 2. The molecular formula is C24H22BrFN2O3. The summed E-state index contributed by atoms with van der Waals surface area (Å²) in [6.07, 6.45) is 1.33. The number of amides is 2. The Hall–Kier alpha value is -2.93. The van der Waals surface area contributed by atoms with Gasteiger partial charge in [0.05, 0.1) is 4.47 Å². The Bertz CT molecular complexity index is 1100. The molecule has 1 heterocycles. The lowest BCUT2D eigenvalue weighted by Crippen LogP contribution is -2.47. The Morgan fingerprint density at radius 2 is 1.74 bits per heavy atom. The van der Waals surface area contributed by atoms with Crippen molar-refractivity contribution in [3.63, 3.8) is 0 Å². The molecule has 31 heavy (non-hydrogen) atoms. The number of hydrogen-bond donors (Lipinski definition) is 1. The van der Waals surface area contributed by atoms with Crippen LogP contribution in [0.1, 0.15) is 23.2 Å². The van der Waals surface area contributed by atoms with Crippen LogP contribution in [0.15, 0.2) is 65.1 Å². The van der Waals surface area contributed by atoms with Gasteiger partial charge in [-0.25, -0.2) is 4.39 Å². The molecule has 1 N–H and O–H groups in total. The van der Waals surface area contributed by atoms with E-state index >= 15 is 0 Å². The molecule has 1 aliphatic rings. The van der Waals surface area contributed by atoms with Gasteiger partial charge < -0.3 is 15.0 Å². The number of ether oxygens (including phenoxy) is 1. The second-order valence-corrected chi connectivity index (χ2v) is 8.32. The zero-order chi connectivity index (χ0) is 21.8. The zero-order valence-electron chi connectivity index (χ0n) is 16.8. The first-order valence-electron chi connectivity index (χ1n) is 10.2. The summed E-state index contributed by atoms with van der Waals surface area (Å²) >= 11 is 3.57. The quantitative estimate of drug-likeness (QED) is 0.578. The van der Waals surface area contributed by atoms with Crippen molar-refractivity contribution >= 4 is 38.5 Å². The molecule has 0 unspecified atom stereocenters. The van der Waals surface area contributed by atoms with Crippen molar-refractivity contribution in [2.45, 2.75) is 18.9 Å². The van der Waals surface area contributed by atoms with Crippen LogP contribution in [0.5, 0.6) is 5.75 Å². The van der Waals surface area contributed by atoms with Crippen molar-refractivity contribution in [3.05, 3.63) is 76.5 Å². The molecule has 1 aliphatic heterocycles. The van der Waals surface area contributed by atoms with Crippen LogP contribution < -0.4 is 10.1 Å². The minimum Gasteiger partial charge on any atom is -0.483 e. The third-order valence-corrected chi connectivity index (χ3v) is 6.29. The first-order valence-corrected chi connectivity index (χ1v) is 10.9. The van der Waals surface area contributed by atoms with Gasteiger partial charge in [0.2, 0.25) is 0 Å². The number of fused-ring (bicyclic) bond motifs is 1. The molecule has 3 aromatic carbocycles. The van der Waals surface area contributed by atoms with Gasteiger partial charge in [-0.2, -0.15) is 0 Å². The highest BCUT2D eigenvalue weighted by atomic mass is 79.9. The SMILES string of the molecule is O=C(NC1CCN(C(=O)COc2ccc3ccccc3c2Br)CC1)c1ccc(F)cc1. The Balaban J connectivity index is 1.27. The standard InChI is InChI=1S/C24H22BrFN2O3/c25-23-20-4-2-1-3-16(20)7-10-21(23)31-15-22(29)28-13-11-19(12-14-28)27-24(30)17-5-8-18(26)9-6-17/h1-10,19H,11-15H2,(H,27,30). The third kappa shape index (κ3) is 5.05. The van der Waals surface area contributed by atoms with Gasteiger partial charge in [-0.05, 0) is 69.9 Å². The van der Waals surface area contributed by atoms with E-state index in [1.54, 1.807) is 4.90 Å². The van der Waals surface area contributed by atoms with Crippen molar-refractivity contribution in [3.8, 4) is 5.75 Å². The summed E-state index contributed by atoms with van der Waals surface area (Å²) in [5.74, 6) is -0.0487. The first kappa shape index (κ1) is 21.3. The van der Waals surface area contributed by atoms with E-state index in [1.807, 2.05) is 36.4 Å². The molecule has 0 bridgehead atoms. The topological polar surface area (TPSA) is 58.6 Å². The van der Waals surface area contributed by atoms with Gasteiger partial charge in [0, 0.05) is 24.7 Å². The van der Waals surface area contributed by atoms with Crippen LogP contribution in [0.3, 0.4) is 0 Å². The highest BCUT2D eigenvalue weighted by Gasteiger charge is 2.24. The maximum Gasteiger partial charge on any atom is 0.260 e. The molecule has 0 aromatic heterocycles. The lowest BCUT2D eigenvalue weighted by molar-refractivity contribution is -0.134. The van der Waals surface area contributed by atoms with Crippen LogP contribution in [0.25, 0.3) is 10.8 Å². The highest BCUT2D eigenvalue weighted by molar-refractivity contribution is 9.10. The highest BCUT2D eigenvalue weighted by Crippen LogP contribution is 2.33. The van der Waals surface area contributed by atoms with E-state index in [0.717, 1.165) is 15.2 Å². The molecule has 0 saturated carbocycles.